The highest BCUT2D eigenvalue weighted by Crippen LogP contribution is 2.40. The van der Waals surface area contributed by atoms with Crippen LogP contribution in [0.25, 0.3) is 0 Å². The second-order valence-corrected chi connectivity index (χ2v) is 6.93. The van der Waals surface area contributed by atoms with Crippen molar-refractivity contribution in [2.75, 3.05) is 31.6 Å². The second kappa shape index (κ2) is 7.36. The number of aromatic nitrogens is 4. The van der Waals surface area contributed by atoms with Crippen LogP contribution in [-0.2, 0) is 4.74 Å². The third kappa shape index (κ3) is 3.77. The molecule has 0 bridgehead atoms. The molecular formula is C18H20N6O3. The van der Waals surface area contributed by atoms with Crippen LogP contribution < -0.4 is 5.32 Å². The highest BCUT2D eigenvalue weighted by molar-refractivity contribution is 6.01. The minimum Gasteiger partial charge on any atom is -0.381 e. The molecule has 4 heterocycles. The number of hydrogen-bond donors (Lipinski definition) is 1. The highest BCUT2D eigenvalue weighted by atomic mass is 16.5. The zero-order valence-corrected chi connectivity index (χ0v) is 14.8. The molecule has 4 rings (SSSR count). The van der Waals surface area contributed by atoms with Gasteiger partial charge in [0.15, 0.2) is 0 Å². The fourth-order valence-electron chi connectivity index (χ4n) is 3.59. The smallest absolute Gasteiger partial charge is 0.278 e. The molecule has 27 heavy (non-hydrogen) atoms. The van der Waals surface area contributed by atoms with E-state index in [1.54, 1.807) is 0 Å². The summed E-state index contributed by atoms with van der Waals surface area (Å²) in [6.45, 7) is 3.03. The third-order valence-corrected chi connectivity index (χ3v) is 5.20. The number of anilines is 1. The molecule has 0 aromatic carbocycles. The van der Waals surface area contributed by atoms with E-state index in [0.717, 1.165) is 45.6 Å². The summed E-state index contributed by atoms with van der Waals surface area (Å²) in [7, 11) is 0. The van der Waals surface area contributed by atoms with E-state index >= 15 is 0 Å². The van der Waals surface area contributed by atoms with Crippen molar-refractivity contribution < 1.29 is 14.3 Å². The van der Waals surface area contributed by atoms with Crippen molar-refractivity contribution in [1.82, 2.24) is 24.8 Å². The van der Waals surface area contributed by atoms with Crippen LogP contribution in [0.1, 0.15) is 40.1 Å². The van der Waals surface area contributed by atoms with E-state index in [0.29, 0.717) is 5.56 Å². The fourth-order valence-corrected chi connectivity index (χ4v) is 3.59. The molecule has 2 saturated heterocycles. The van der Waals surface area contributed by atoms with E-state index in [1.165, 1.54) is 31.0 Å². The Morgan fingerprint density at radius 1 is 1.04 bits per heavy atom. The second-order valence-electron chi connectivity index (χ2n) is 6.93. The molecule has 2 amide bonds. The predicted molar refractivity (Wildman–Crippen MR) is 95.0 cm³/mol. The lowest BCUT2D eigenvalue weighted by molar-refractivity contribution is 0.0191. The molecule has 2 aliphatic rings. The van der Waals surface area contributed by atoms with Crippen molar-refractivity contribution in [1.29, 1.82) is 0 Å². The molecule has 1 spiro atoms. The highest BCUT2D eigenvalue weighted by Gasteiger charge is 2.41. The normalized spacial score (nSPS) is 18.4. The minimum atomic E-state index is -0.455. The van der Waals surface area contributed by atoms with Gasteiger partial charge in [0.2, 0.25) is 5.95 Å². The monoisotopic (exact) mass is 368 g/mol. The van der Waals surface area contributed by atoms with Crippen LogP contribution >= 0.6 is 0 Å². The summed E-state index contributed by atoms with van der Waals surface area (Å²) in [5.74, 6) is -0.419. The maximum Gasteiger partial charge on any atom is 0.278 e. The Morgan fingerprint density at radius 3 is 2.52 bits per heavy atom. The number of amides is 2. The van der Waals surface area contributed by atoms with Crippen molar-refractivity contribution in [3.8, 4) is 0 Å². The third-order valence-electron chi connectivity index (χ3n) is 5.20. The Bertz CT molecular complexity index is 821. The first-order chi connectivity index (χ1) is 13.2. The molecule has 2 aromatic heterocycles. The number of ether oxygens (including phenoxy) is 1. The summed E-state index contributed by atoms with van der Waals surface area (Å²) in [5, 5.41) is 2.54. The summed E-state index contributed by atoms with van der Waals surface area (Å²) in [4.78, 5) is 42.6. The van der Waals surface area contributed by atoms with E-state index in [2.05, 4.69) is 25.3 Å². The molecule has 9 nitrogen and oxygen atoms in total. The van der Waals surface area contributed by atoms with Crippen molar-refractivity contribution in [2.24, 2.45) is 5.41 Å². The average molecular weight is 368 g/mol. The van der Waals surface area contributed by atoms with E-state index in [4.69, 9.17) is 4.74 Å². The number of nitrogens with one attached hydrogen (secondary N) is 1. The molecule has 9 heteroatoms. The summed E-state index contributed by atoms with van der Waals surface area (Å²) < 4.78 is 5.45. The number of carbonyl (C=O) groups is 2. The van der Waals surface area contributed by atoms with Gasteiger partial charge < -0.3 is 9.64 Å². The van der Waals surface area contributed by atoms with E-state index in [1.807, 2.05) is 4.90 Å². The zero-order chi connectivity index (χ0) is 18.7. The average Bonchev–Trinajstić information content (AvgIpc) is 3.12. The topological polar surface area (TPSA) is 110 Å². The number of nitrogens with zero attached hydrogens (tertiary/aromatic N) is 5. The summed E-state index contributed by atoms with van der Waals surface area (Å²) >= 11 is 0. The van der Waals surface area contributed by atoms with Crippen LogP contribution in [-0.4, -0.2) is 63.0 Å². The SMILES string of the molecule is O=C(Nc1ncc(C(=O)N2CCC3(CCOCC3)C2)cn1)c1cnccn1. The maximum atomic E-state index is 12.7. The van der Waals surface area contributed by atoms with Crippen LogP contribution in [0.3, 0.4) is 0 Å². The van der Waals surface area contributed by atoms with Gasteiger partial charge in [-0.25, -0.2) is 15.0 Å². The van der Waals surface area contributed by atoms with Crippen LogP contribution in [0.2, 0.25) is 0 Å². The van der Waals surface area contributed by atoms with Gasteiger partial charge in [-0.1, -0.05) is 0 Å². The largest absolute Gasteiger partial charge is 0.381 e. The standard InChI is InChI=1S/C18H20N6O3/c25-15(14-11-19-4-5-20-14)23-17-21-9-13(10-22-17)16(26)24-6-1-18(12-24)2-7-27-8-3-18/h4-5,9-11H,1-3,6-8,12H2,(H,21,22,23,25). The maximum absolute atomic E-state index is 12.7. The van der Waals surface area contributed by atoms with Gasteiger partial charge in [0, 0.05) is 51.1 Å². The number of rotatable bonds is 3. The molecule has 2 aliphatic heterocycles. The van der Waals surface area contributed by atoms with Gasteiger partial charge in [-0.05, 0) is 24.7 Å². The first-order valence-corrected chi connectivity index (χ1v) is 8.92. The van der Waals surface area contributed by atoms with Crippen LogP contribution in [0, 0.1) is 5.41 Å². The Labute approximate surface area is 156 Å². The quantitative estimate of drug-likeness (QED) is 0.865. The van der Waals surface area contributed by atoms with E-state index in [9.17, 15) is 9.59 Å². The Kier molecular flexibility index (Phi) is 4.76. The molecule has 2 fully saturated rings. The number of carbonyl (C=O) groups excluding carboxylic acids is 2. The van der Waals surface area contributed by atoms with Crippen LogP contribution in [0.4, 0.5) is 5.95 Å². The lowest BCUT2D eigenvalue weighted by Gasteiger charge is -2.33. The molecule has 0 saturated carbocycles. The first kappa shape index (κ1) is 17.5. The molecule has 1 N–H and O–H groups in total. The van der Waals surface area contributed by atoms with Gasteiger partial charge in [0.25, 0.3) is 11.8 Å². The molecule has 0 radical (unpaired) electrons. The molecule has 0 aliphatic carbocycles. The van der Waals surface area contributed by atoms with Gasteiger partial charge >= 0.3 is 0 Å². The van der Waals surface area contributed by atoms with E-state index in [-0.39, 0.29) is 23.0 Å². The minimum absolute atomic E-state index is 0.0785. The summed E-state index contributed by atoms with van der Waals surface area (Å²) in [6, 6.07) is 0. The van der Waals surface area contributed by atoms with Crippen molar-refractivity contribution >= 4 is 17.8 Å². The predicted octanol–water partition coefficient (Wildman–Crippen LogP) is 1.16. The lowest BCUT2D eigenvalue weighted by atomic mass is 9.80. The van der Waals surface area contributed by atoms with Gasteiger partial charge in [-0.3, -0.25) is 19.9 Å². The Balaban J connectivity index is 1.39. The van der Waals surface area contributed by atoms with Crippen molar-refractivity contribution in [3.05, 3.63) is 42.2 Å². The summed E-state index contributed by atoms with van der Waals surface area (Å²) in [5.41, 5.74) is 0.774. The summed E-state index contributed by atoms with van der Waals surface area (Å²) in [6.07, 6.45) is 10.2. The van der Waals surface area contributed by atoms with Crippen molar-refractivity contribution in [2.45, 2.75) is 19.3 Å². The molecule has 0 atom stereocenters. The van der Waals surface area contributed by atoms with Gasteiger partial charge in [-0.15, -0.1) is 0 Å². The van der Waals surface area contributed by atoms with Gasteiger partial charge in [0.1, 0.15) is 5.69 Å². The molecular weight excluding hydrogens is 348 g/mol. The fraction of sp³-hybridized carbons (Fsp3) is 0.444. The van der Waals surface area contributed by atoms with Gasteiger partial charge in [0.05, 0.1) is 11.8 Å². The molecule has 0 unspecified atom stereocenters. The van der Waals surface area contributed by atoms with E-state index < -0.39 is 5.91 Å². The van der Waals surface area contributed by atoms with Crippen molar-refractivity contribution in [3.63, 3.8) is 0 Å². The Morgan fingerprint density at radius 2 is 1.81 bits per heavy atom. The number of hydrogen-bond acceptors (Lipinski definition) is 7. The Hall–Kier alpha value is -2.94. The number of likely N-dealkylation sites (tertiary alicyclic amines) is 1. The van der Waals surface area contributed by atoms with Gasteiger partial charge in [-0.2, -0.15) is 0 Å². The molecule has 2 aromatic rings. The first-order valence-electron chi connectivity index (χ1n) is 8.92. The molecule has 140 valence electrons. The van der Waals surface area contributed by atoms with Crippen LogP contribution in [0.5, 0.6) is 0 Å². The van der Waals surface area contributed by atoms with Crippen LogP contribution in [0.15, 0.2) is 31.0 Å². The lowest BCUT2D eigenvalue weighted by Crippen LogP contribution is -2.35. The zero-order valence-electron chi connectivity index (χ0n) is 14.8.